The zero-order valence-electron chi connectivity index (χ0n) is 13.9. The highest BCUT2D eigenvalue weighted by Gasteiger charge is 2.12. The van der Waals surface area contributed by atoms with Crippen molar-refractivity contribution in [2.24, 2.45) is 5.73 Å². The lowest BCUT2D eigenvalue weighted by Crippen LogP contribution is -2.15. The van der Waals surface area contributed by atoms with Gasteiger partial charge in [-0.2, -0.15) is 0 Å². The number of nitrogens with two attached hydrogens (primary N) is 1. The Bertz CT molecular complexity index is 865. The molecule has 0 unspecified atom stereocenters. The van der Waals surface area contributed by atoms with E-state index in [2.05, 4.69) is 72.2 Å². The molecule has 0 atom stereocenters. The maximum atomic E-state index is 5.90. The number of benzene rings is 2. The summed E-state index contributed by atoms with van der Waals surface area (Å²) in [6.07, 6.45) is 2.90. The standard InChI is InChI=1S/C20H21N3S/c1-22(2)18-11-5-3-8-15(18)14-16-9-7-13-23(16)19-12-6-4-10-17(19)20(21)24/h3-13H,14H2,1-2H3,(H2,21,24). The van der Waals surface area contributed by atoms with Crippen molar-refractivity contribution in [3.63, 3.8) is 0 Å². The Hall–Kier alpha value is -2.59. The van der Waals surface area contributed by atoms with Crippen LogP contribution in [-0.2, 0) is 6.42 Å². The fourth-order valence-electron chi connectivity index (χ4n) is 2.98. The van der Waals surface area contributed by atoms with Gasteiger partial charge in [-0.25, -0.2) is 0 Å². The molecular formula is C20H21N3S. The third kappa shape index (κ3) is 3.19. The summed E-state index contributed by atoms with van der Waals surface area (Å²) >= 11 is 5.21. The van der Waals surface area contributed by atoms with Crippen LogP contribution < -0.4 is 10.6 Å². The van der Waals surface area contributed by atoms with Gasteiger partial charge in [-0.05, 0) is 35.9 Å². The van der Waals surface area contributed by atoms with E-state index in [1.807, 2.05) is 18.2 Å². The summed E-state index contributed by atoms with van der Waals surface area (Å²) in [4.78, 5) is 2.56. The molecule has 2 aromatic carbocycles. The maximum Gasteiger partial charge on any atom is 0.106 e. The normalized spacial score (nSPS) is 10.6. The molecule has 3 nitrogen and oxygen atoms in total. The van der Waals surface area contributed by atoms with Crippen molar-refractivity contribution in [3.8, 4) is 5.69 Å². The lowest BCUT2D eigenvalue weighted by Gasteiger charge is -2.19. The molecule has 0 saturated carbocycles. The van der Waals surface area contributed by atoms with Crippen LogP contribution in [-0.4, -0.2) is 23.7 Å². The lowest BCUT2D eigenvalue weighted by molar-refractivity contribution is 0.950. The Morgan fingerprint density at radius 3 is 2.46 bits per heavy atom. The highest BCUT2D eigenvalue weighted by atomic mass is 32.1. The van der Waals surface area contributed by atoms with Crippen LogP contribution >= 0.6 is 12.2 Å². The Labute approximate surface area is 148 Å². The number of nitrogens with zero attached hydrogens (tertiary/aromatic N) is 2. The van der Waals surface area contributed by atoms with E-state index in [-0.39, 0.29) is 0 Å². The van der Waals surface area contributed by atoms with Gasteiger partial charge in [-0.3, -0.25) is 0 Å². The molecule has 0 radical (unpaired) electrons. The van der Waals surface area contributed by atoms with Crippen molar-refractivity contribution in [1.29, 1.82) is 0 Å². The zero-order valence-corrected chi connectivity index (χ0v) is 14.8. The van der Waals surface area contributed by atoms with Crippen LogP contribution in [0.4, 0.5) is 5.69 Å². The Balaban J connectivity index is 2.03. The molecule has 24 heavy (non-hydrogen) atoms. The third-order valence-corrected chi connectivity index (χ3v) is 4.33. The maximum absolute atomic E-state index is 5.90. The molecule has 3 aromatic rings. The van der Waals surface area contributed by atoms with Gasteiger partial charge in [0.25, 0.3) is 0 Å². The summed E-state index contributed by atoms with van der Waals surface area (Å²) < 4.78 is 2.17. The van der Waals surface area contributed by atoms with Crippen molar-refractivity contribution in [2.75, 3.05) is 19.0 Å². The second kappa shape index (κ2) is 6.89. The third-order valence-electron chi connectivity index (χ3n) is 4.11. The quantitative estimate of drug-likeness (QED) is 0.721. The van der Waals surface area contributed by atoms with E-state index >= 15 is 0 Å². The predicted molar refractivity (Wildman–Crippen MR) is 105 cm³/mol. The van der Waals surface area contributed by atoms with E-state index in [1.54, 1.807) is 0 Å². The molecule has 2 N–H and O–H groups in total. The molecule has 0 bridgehead atoms. The van der Waals surface area contributed by atoms with Gasteiger partial charge in [0.1, 0.15) is 4.99 Å². The average Bonchev–Trinajstić information content (AvgIpc) is 3.03. The molecule has 122 valence electrons. The first-order chi connectivity index (χ1) is 11.6. The fraction of sp³-hybridized carbons (Fsp3) is 0.150. The van der Waals surface area contributed by atoms with Gasteiger partial charge in [0.05, 0.1) is 5.69 Å². The Morgan fingerprint density at radius 2 is 1.71 bits per heavy atom. The van der Waals surface area contributed by atoms with Crippen LogP contribution in [0.1, 0.15) is 16.8 Å². The largest absolute Gasteiger partial charge is 0.389 e. The molecule has 0 aliphatic rings. The summed E-state index contributed by atoms with van der Waals surface area (Å²) in [5, 5.41) is 0. The first-order valence-corrected chi connectivity index (χ1v) is 8.29. The second-order valence-electron chi connectivity index (χ2n) is 5.95. The van der Waals surface area contributed by atoms with Gasteiger partial charge in [0.2, 0.25) is 0 Å². The van der Waals surface area contributed by atoms with Gasteiger partial charge in [-0.1, -0.05) is 42.5 Å². The van der Waals surface area contributed by atoms with Gasteiger partial charge in [-0.15, -0.1) is 0 Å². The fourth-order valence-corrected chi connectivity index (χ4v) is 3.15. The van der Waals surface area contributed by atoms with Crippen LogP contribution in [0.2, 0.25) is 0 Å². The zero-order chi connectivity index (χ0) is 17.1. The highest BCUT2D eigenvalue weighted by Crippen LogP contribution is 2.24. The van der Waals surface area contributed by atoms with E-state index in [1.165, 1.54) is 16.9 Å². The van der Waals surface area contributed by atoms with Gasteiger partial charge in [0.15, 0.2) is 0 Å². The first-order valence-electron chi connectivity index (χ1n) is 7.88. The van der Waals surface area contributed by atoms with E-state index < -0.39 is 0 Å². The van der Waals surface area contributed by atoms with Crippen LogP contribution in [0.25, 0.3) is 5.69 Å². The molecule has 0 aliphatic carbocycles. The van der Waals surface area contributed by atoms with Crippen LogP contribution in [0.15, 0.2) is 66.9 Å². The summed E-state index contributed by atoms with van der Waals surface area (Å²) in [5.41, 5.74) is 11.5. The predicted octanol–water partition coefficient (Wildman–Crippen LogP) is 3.77. The van der Waals surface area contributed by atoms with Crippen LogP contribution in [0.3, 0.4) is 0 Å². The van der Waals surface area contributed by atoms with Gasteiger partial charge in [0, 0.05) is 43.7 Å². The van der Waals surface area contributed by atoms with Crippen molar-refractivity contribution in [2.45, 2.75) is 6.42 Å². The molecule has 0 fully saturated rings. The smallest absolute Gasteiger partial charge is 0.106 e. The van der Waals surface area contributed by atoms with Crippen LogP contribution in [0.5, 0.6) is 0 Å². The summed E-state index contributed by atoms with van der Waals surface area (Å²) in [6.45, 7) is 0. The minimum absolute atomic E-state index is 0.416. The van der Waals surface area contributed by atoms with Crippen LogP contribution in [0, 0.1) is 0 Å². The molecule has 1 heterocycles. The molecular weight excluding hydrogens is 314 g/mol. The Kier molecular flexibility index (Phi) is 4.67. The first kappa shape index (κ1) is 16.3. The number of anilines is 1. The molecule has 0 spiro atoms. The van der Waals surface area contributed by atoms with E-state index in [4.69, 9.17) is 18.0 Å². The van der Waals surface area contributed by atoms with E-state index in [9.17, 15) is 0 Å². The van der Waals surface area contributed by atoms with Crippen molar-refractivity contribution in [3.05, 3.63) is 83.7 Å². The molecule has 0 saturated heterocycles. The summed E-state index contributed by atoms with van der Waals surface area (Å²) in [7, 11) is 4.14. The SMILES string of the molecule is CN(C)c1ccccc1Cc1cccn1-c1ccccc1C(N)=S. The minimum Gasteiger partial charge on any atom is -0.389 e. The average molecular weight is 335 g/mol. The number of thiocarbonyl (C=S) groups is 1. The second-order valence-corrected chi connectivity index (χ2v) is 6.39. The monoisotopic (exact) mass is 335 g/mol. The number of para-hydroxylation sites is 2. The number of hydrogen-bond acceptors (Lipinski definition) is 2. The van der Waals surface area contributed by atoms with E-state index in [0.717, 1.165) is 17.7 Å². The molecule has 1 aromatic heterocycles. The number of hydrogen-bond donors (Lipinski definition) is 1. The van der Waals surface area contributed by atoms with Crippen molar-refractivity contribution >= 4 is 22.9 Å². The van der Waals surface area contributed by atoms with E-state index in [0.29, 0.717) is 4.99 Å². The molecule has 0 aliphatic heterocycles. The molecule has 0 amide bonds. The molecule has 4 heteroatoms. The summed E-state index contributed by atoms with van der Waals surface area (Å²) in [6, 6.07) is 20.7. The lowest BCUT2D eigenvalue weighted by atomic mass is 10.1. The topological polar surface area (TPSA) is 34.2 Å². The van der Waals surface area contributed by atoms with Gasteiger partial charge >= 0.3 is 0 Å². The minimum atomic E-state index is 0.416. The number of aromatic nitrogens is 1. The van der Waals surface area contributed by atoms with Crippen molar-refractivity contribution in [1.82, 2.24) is 4.57 Å². The Morgan fingerprint density at radius 1 is 1.00 bits per heavy atom. The highest BCUT2D eigenvalue weighted by molar-refractivity contribution is 7.80. The summed E-state index contributed by atoms with van der Waals surface area (Å²) in [5.74, 6) is 0. The number of rotatable bonds is 5. The molecule has 3 rings (SSSR count). The van der Waals surface area contributed by atoms with Gasteiger partial charge < -0.3 is 15.2 Å². The van der Waals surface area contributed by atoms with Crippen molar-refractivity contribution < 1.29 is 0 Å².